The number of hydrogen-bond acceptors (Lipinski definition) is 3. The highest BCUT2D eigenvalue weighted by Gasteiger charge is 2.27. The molecule has 1 atom stereocenters. The Labute approximate surface area is 130 Å². The van der Waals surface area contributed by atoms with Crippen LogP contribution in [-0.4, -0.2) is 4.98 Å². The van der Waals surface area contributed by atoms with E-state index in [4.69, 9.17) is 10.2 Å². The number of pyridine rings is 1. The van der Waals surface area contributed by atoms with Crippen LogP contribution >= 0.6 is 11.3 Å². The van der Waals surface area contributed by atoms with Gasteiger partial charge in [-0.25, -0.2) is 4.98 Å². The zero-order valence-corrected chi connectivity index (χ0v) is 13.9. The molecule has 2 aromatic rings. The van der Waals surface area contributed by atoms with E-state index in [1.807, 2.05) is 6.07 Å². The molecule has 0 saturated heterocycles. The van der Waals surface area contributed by atoms with Gasteiger partial charge in [0.25, 0.3) is 0 Å². The zero-order chi connectivity index (χ0) is 15.0. The minimum atomic E-state index is 0.343. The molecule has 21 heavy (non-hydrogen) atoms. The van der Waals surface area contributed by atoms with E-state index in [2.05, 4.69) is 32.9 Å². The Bertz CT molecular complexity index is 700. The van der Waals surface area contributed by atoms with Crippen molar-refractivity contribution in [1.29, 1.82) is 5.26 Å². The number of aromatic nitrogens is 1. The molecule has 2 heterocycles. The molecule has 0 saturated carbocycles. The lowest BCUT2D eigenvalue weighted by molar-refractivity contribution is 0.215. The number of nitrogens with zero attached hydrogens (tertiary/aromatic N) is 2. The van der Waals surface area contributed by atoms with Crippen molar-refractivity contribution in [3.05, 3.63) is 28.3 Å². The molecule has 2 aromatic heterocycles. The molecular weight excluding hydrogens is 276 g/mol. The van der Waals surface area contributed by atoms with Gasteiger partial charge in [-0.1, -0.05) is 27.2 Å². The lowest BCUT2D eigenvalue weighted by atomic mass is 9.73. The van der Waals surface area contributed by atoms with E-state index in [1.54, 1.807) is 0 Å². The van der Waals surface area contributed by atoms with Crippen LogP contribution in [0.1, 0.15) is 56.2 Å². The van der Waals surface area contributed by atoms with Gasteiger partial charge in [-0.05, 0) is 54.7 Å². The number of rotatable bonds is 0. The topological polar surface area (TPSA) is 36.7 Å². The molecule has 1 unspecified atom stereocenters. The molecule has 0 bridgehead atoms. The molecule has 3 rings (SSSR count). The highest BCUT2D eigenvalue weighted by atomic mass is 32.1. The van der Waals surface area contributed by atoms with E-state index in [0.29, 0.717) is 11.3 Å². The average molecular weight is 298 g/mol. The summed E-state index contributed by atoms with van der Waals surface area (Å²) in [4.78, 5) is 6.66. The Morgan fingerprint density at radius 3 is 2.81 bits per heavy atom. The van der Waals surface area contributed by atoms with Gasteiger partial charge in [0, 0.05) is 11.1 Å². The second-order valence-corrected chi connectivity index (χ2v) is 8.25. The zero-order valence-electron chi connectivity index (χ0n) is 13.1. The second kappa shape index (κ2) is 5.42. The minimum absolute atomic E-state index is 0.343. The summed E-state index contributed by atoms with van der Waals surface area (Å²) in [6, 6.07) is 6.52. The summed E-state index contributed by atoms with van der Waals surface area (Å²) in [5.74, 6) is 0.713. The minimum Gasteiger partial charge on any atom is -0.242 e. The van der Waals surface area contributed by atoms with Crippen LogP contribution in [0, 0.1) is 22.7 Å². The van der Waals surface area contributed by atoms with Crippen molar-refractivity contribution in [2.75, 3.05) is 0 Å². The number of nitriles is 1. The fourth-order valence-corrected chi connectivity index (χ4v) is 4.12. The summed E-state index contributed by atoms with van der Waals surface area (Å²) < 4.78 is 0. The van der Waals surface area contributed by atoms with Crippen LogP contribution in [0.3, 0.4) is 0 Å². The Morgan fingerprint density at radius 1 is 1.29 bits per heavy atom. The third-order valence-electron chi connectivity index (χ3n) is 4.69. The van der Waals surface area contributed by atoms with Crippen LogP contribution < -0.4 is 0 Å². The van der Waals surface area contributed by atoms with Gasteiger partial charge in [-0.2, -0.15) is 5.26 Å². The molecule has 0 aromatic carbocycles. The third-order valence-corrected chi connectivity index (χ3v) is 5.64. The largest absolute Gasteiger partial charge is 0.242 e. The highest BCUT2D eigenvalue weighted by molar-refractivity contribution is 7.19. The molecule has 110 valence electrons. The monoisotopic (exact) mass is 298 g/mol. The van der Waals surface area contributed by atoms with Gasteiger partial charge in [0.05, 0.1) is 0 Å². The molecule has 3 heteroatoms. The van der Waals surface area contributed by atoms with Crippen molar-refractivity contribution < 1.29 is 0 Å². The standard InChI is InChI=1S/C18H22N2S/c1-18(2,3)14-6-4-5-7-16-12(9-14)8-13-10-15(11-19)21-17(13)20-16/h8,10,14H,4-7,9H2,1-3H3. The normalized spacial score (nSPS) is 19.6. The Kier molecular flexibility index (Phi) is 3.75. The van der Waals surface area contributed by atoms with Gasteiger partial charge in [0.1, 0.15) is 15.8 Å². The lowest BCUT2D eigenvalue weighted by Crippen LogP contribution is -2.24. The Balaban J connectivity index is 2.05. The molecule has 0 amide bonds. The maximum Gasteiger partial charge on any atom is 0.124 e. The quantitative estimate of drug-likeness (QED) is 0.678. The summed E-state index contributed by atoms with van der Waals surface area (Å²) in [6.45, 7) is 7.05. The summed E-state index contributed by atoms with van der Waals surface area (Å²) in [5.41, 5.74) is 3.02. The van der Waals surface area contributed by atoms with E-state index >= 15 is 0 Å². The first-order chi connectivity index (χ1) is 9.97. The summed E-state index contributed by atoms with van der Waals surface area (Å²) in [5, 5.41) is 10.2. The molecule has 1 aliphatic carbocycles. The molecule has 0 radical (unpaired) electrons. The molecule has 2 nitrogen and oxygen atoms in total. The smallest absolute Gasteiger partial charge is 0.124 e. The average Bonchev–Trinajstić information content (AvgIpc) is 2.79. The van der Waals surface area contributed by atoms with Gasteiger partial charge < -0.3 is 0 Å². The van der Waals surface area contributed by atoms with Gasteiger partial charge in [-0.3, -0.25) is 0 Å². The summed E-state index contributed by atoms with van der Waals surface area (Å²) in [7, 11) is 0. The van der Waals surface area contributed by atoms with Crippen LogP contribution in [0.2, 0.25) is 0 Å². The molecule has 0 fully saturated rings. The van der Waals surface area contributed by atoms with E-state index in [-0.39, 0.29) is 0 Å². The second-order valence-electron chi connectivity index (χ2n) is 7.22. The molecule has 0 spiro atoms. The fourth-order valence-electron chi connectivity index (χ4n) is 3.29. The number of thiophene rings is 1. The van der Waals surface area contributed by atoms with Crippen LogP contribution in [0.4, 0.5) is 0 Å². The molecule has 0 N–H and O–H groups in total. The molecule has 0 aliphatic heterocycles. The van der Waals surface area contributed by atoms with Crippen molar-refractivity contribution in [3.8, 4) is 6.07 Å². The number of fused-ring (bicyclic) bond motifs is 2. The molecular formula is C18H22N2S. The van der Waals surface area contributed by atoms with Crippen LogP contribution in [-0.2, 0) is 12.8 Å². The van der Waals surface area contributed by atoms with Crippen molar-refractivity contribution >= 4 is 21.6 Å². The predicted octanol–water partition coefficient (Wildman–Crippen LogP) is 5.10. The van der Waals surface area contributed by atoms with Crippen LogP contribution in [0.25, 0.3) is 10.2 Å². The van der Waals surface area contributed by atoms with Crippen LogP contribution in [0.15, 0.2) is 12.1 Å². The maximum atomic E-state index is 9.08. The van der Waals surface area contributed by atoms with Gasteiger partial charge >= 0.3 is 0 Å². The van der Waals surface area contributed by atoms with Gasteiger partial charge in [0.2, 0.25) is 0 Å². The van der Waals surface area contributed by atoms with E-state index < -0.39 is 0 Å². The summed E-state index contributed by atoms with van der Waals surface area (Å²) >= 11 is 1.52. The van der Waals surface area contributed by atoms with E-state index in [9.17, 15) is 0 Å². The first-order valence-electron chi connectivity index (χ1n) is 7.80. The Hall–Kier alpha value is -1.40. The van der Waals surface area contributed by atoms with E-state index in [1.165, 1.54) is 41.9 Å². The van der Waals surface area contributed by atoms with Crippen LogP contribution in [0.5, 0.6) is 0 Å². The van der Waals surface area contributed by atoms with E-state index in [0.717, 1.165) is 27.9 Å². The van der Waals surface area contributed by atoms with Crippen molar-refractivity contribution in [2.45, 2.75) is 52.9 Å². The highest BCUT2D eigenvalue weighted by Crippen LogP contribution is 2.37. The van der Waals surface area contributed by atoms with Gasteiger partial charge in [0.15, 0.2) is 0 Å². The fraction of sp³-hybridized carbons (Fsp3) is 0.556. The number of hydrogen-bond donors (Lipinski definition) is 0. The molecule has 1 aliphatic rings. The predicted molar refractivity (Wildman–Crippen MR) is 88.5 cm³/mol. The SMILES string of the molecule is CC(C)(C)C1CCCCc2nc3sc(C#N)cc3cc2C1. The first kappa shape index (κ1) is 14.5. The first-order valence-corrected chi connectivity index (χ1v) is 8.61. The lowest BCUT2D eigenvalue weighted by Gasteiger charge is -2.32. The van der Waals surface area contributed by atoms with Gasteiger partial charge in [-0.15, -0.1) is 11.3 Å². The third kappa shape index (κ3) is 2.96. The van der Waals surface area contributed by atoms with Crippen molar-refractivity contribution in [1.82, 2.24) is 4.98 Å². The van der Waals surface area contributed by atoms with Crippen molar-refractivity contribution in [2.24, 2.45) is 11.3 Å². The Morgan fingerprint density at radius 2 is 2.10 bits per heavy atom. The van der Waals surface area contributed by atoms with Crippen molar-refractivity contribution in [3.63, 3.8) is 0 Å². The number of aryl methyl sites for hydroxylation is 1. The summed E-state index contributed by atoms with van der Waals surface area (Å²) in [6.07, 6.45) is 6.05. The maximum absolute atomic E-state index is 9.08.